The Morgan fingerprint density at radius 2 is 0.250 bits per heavy atom. The molecule has 0 bridgehead atoms. The standard InChI is InChI=1S/2BH3.6FH/h2*1H3;6*1H. The first-order valence-corrected chi connectivity index (χ1v) is 0. The Hall–Kier alpha value is -0.290. The fraction of sp³-hybridized carbons (Fsp3) is 0. The van der Waals surface area contributed by atoms with Crippen LogP contribution in [0.4, 0.5) is 28.2 Å². The third-order valence-electron chi connectivity index (χ3n) is 0. The molecule has 0 aliphatic heterocycles. The van der Waals surface area contributed by atoms with Gasteiger partial charge >= 0.3 is 0 Å². The summed E-state index contributed by atoms with van der Waals surface area (Å²) in [5.41, 5.74) is 0. The molecule has 8 heteroatoms. The quantitative estimate of drug-likeness (QED) is 0.291. The fourth-order valence-electron chi connectivity index (χ4n) is 0. The van der Waals surface area contributed by atoms with Gasteiger partial charge in [-0.2, -0.15) is 0 Å². The van der Waals surface area contributed by atoms with E-state index in [0.29, 0.717) is 0 Å². The Morgan fingerprint density at radius 1 is 0.250 bits per heavy atom. The second kappa shape index (κ2) is 2600. The lowest BCUT2D eigenvalue weighted by atomic mass is 10.8. The average molecular weight is 148 g/mol. The normalized spacial score (nSPS) is 0. The van der Waals surface area contributed by atoms with Crippen molar-refractivity contribution in [2.45, 2.75) is 0 Å². The van der Waals surface area contributed by atoms with E-state index >= 15 is 0 Å². The van der Waals surface area contributed by atoms with E-state index in [1.807, 2.05) is 0 Å². The van der Waals surface area contributed by atoms with Gasteiger partial charge < -0.3 is 0 Å². The van der Waals surface area contributed by atoms with Gasteiger partial charge in [0.1, 0.15) is 0 Å². The molecule has 0 atom stereocenters. The van der Waals surface area contributed by atoms with Crippen LogP contribution in [0.15, 0.2) is 0 Å². The van der Waals surface area contributed by atoms with Crippen molar-refractivity contribution in [1.29, 1.82) is 0 Å². The van der Waals surface area contributed by atoms with E-state index in [1.54, 1.807) is 0 Å². The molecule has 0 amide bonds. The zero-order valence-electron chi connectivity index (χ0n) is 2.45. The van der Waals surface area contributed by atoms with E-state index in [9.17, 15) is 0 Å². The van der Waals surface area contributed by atoms with Gasteiger partial charge in [-0.25, -0.2) is 0 Å². The minimum atomic E-state index is 0. The summed E-state index contributed by atoms with van der Waals surface area (Å²) in [6, 6.07) is 0. The van der Waals surface area contributed by atoms with Crippen LogP contribution in [0.1, 0.15) is 0 Å². The number of rotatable bonds is 0. The van der Waals surface area contributed by atoms with Crippen molar-refractivity contribution in [2.24, 2.45) is 0 Å². The molecule has 0 nitrogen and oxygen atoms in total. The predicted molar refractivity (Wildman–Crippen MR) is 34.9 cm³/mol. The average Bonchev–Trinajstić information content (AvgIpc) is 0. The van der Waals surface area contributed by atoms with Crippen LogP contribution >= 0.6 is 0 Å². The summed E-state index contributed by atoms with van der Waals surface area (Å²) in [5, 5.41) is 0. The molecule has 0 aromatic heterocycles. The molecule has 0 aromatic carbocycles. The number of hydrogen-bond donors (Lipinski definition) is 0. The summed E-state index contributed by atoms with van der Waals surface area (Å²) < 4.78 is 0. The maximum atomic E-state index is 0. The van der Waals surface area contributed by atoms with Crippen LogP contribution in [0.25, 0.3) is 0 Å². The van der Waals surface area contributed by atoms with Gasteiger partial charge in [0.05, 0.1) is 16.8 Å². The van der Waals surface area contributed by atoms with Crippen LogP contribution in [0.3, 0.4) is 0 Å². The molecule has 0 aromatic rings. The van der Waals surface area contributed by atoms with Crippen molar-refractivity contribution in [1.82, 2.24) is 0 Å². The van der Waals surface area contributed by atoms with Gasteiger partial charge in [0.2, 0.25) is 0 Å². The van der Waals surface area contributed by atoms with Crippen molar-refractivity contribution < 1.29 is 28.2 Å². The van der Waals surface area contributed by atoms with E-state index < -0.39 is 0 Å². The first-order valence-electron chi connectivity index (χ1n) is 0. The highest BCUT2D eigenvalue weighted by Gasteiger charge is 0.0824. The van der Waals surface area contributed by atoms with Crippen LogP contribution in [-0.4, -0.2) is 16.8 Å². The van der Waals surface area contributed by atoms with Gasteiger partial charge in [0.25, 0.3) is 0 Å². The first-order chi connectivity index (χ1) is 0. The Bertz CT molecular complexity index is 6.49. The third-order valence-corrected chi connectivity index (χ3v) is 0. The molecule has 0 heterocycles. The maximum Gasteiger partial charge on any atom is 0.0814 e. The minimum Gasteiger partial charge on any atom is -0.269 e. The minimum absolute atomic E-state index is 0. The van der Waals surface area contributed by atoms with Crippen LogP contribution in [-0.2, 0) is 0 Å². The van der Waals surface area contributed by atoms with E-state index in [4.69, 9.17) is 0 Å². The molecule has 0 fully saturated rings. The van der Waals surface area contributed by atoms with Gasteiger partial charge in [-0.15, -0.1) is 0 Å². The van der Waals surface area contributed by atoms with E-state index in [1.165, 1.54) is 0 Å². The van der Waals surface area contributed by atoms with E-state index in [-0.39, 0.29) is 45.1 Å². The zero-order chi connectivity index (χ0) is 0. The van der Waals surface area contributed by atoms with Crippen molar-refractivity contribution >= 4 is 16.8 Å². The Balaban J connectivity index is 0. The number of hydrogen-bond acceptors (Lipinski definition) is 0. The van der Waals surface area contributed by atoms with Gasteiger partial charge in [-0.3, -0.25) is 28.2 Å². The number of halogens is 6. The highest BCUT2D eigenvalue weighted by Crippen LogP contribution is 0.425. The van der Waals surface area contributed by atoms with Crippen LogP contribution in [0.2, 0.25) is 0 Å². The molecule has 0 spiro atoms. The smallest absolute Gasteiger partial charge is 0.0814 e. The van der Waals surface area contributed by atoms with Crippen LogP contribution in [0, 0.1) is 0 Å². The second-order valence-corrected chi connectivity index (χ2v) is 0. The lowest BCUT2D eigenvalue weighted by Gasteiger charge is -0.270. The molecule has 60 valence electrons. The molecule has 0 N–H and O–H groups in total. The first kappa shape index (κ1) is 4120. The van der Waals surface area contributed by atoms with E-state index in [0.717, 1.165) is 0 Å². The van der Waals surface area contributed by atoms with Crippen molar-refractivity contribution in [3.05, 3.63) is 0 Å². The highest BCUT2D eigenvalue weighted by molar-refractivity contribution is 5.76. The third kappa shape index (κ3) is 1500. The summed E-state index contributed by atoms with van der Waals surface area (Å²) >= 11 is 0. The summed E-state index contributed by atoms with van der Waals surface area (Å²) in [4.78, 5) is 0. The summed E-state index contributed by atoms with van der Waals surface area (Å²) in [7, 11) is 0. The lowest BCUT2D eigenvalue weighted by Crippen LogP contribution is -0.382. The lowest BCUT2D eigenvalue weighted by molar-refractivity contribution is 1.11. The highest BCUT2D eigenvalue weighted by atomic mass is 19.0. The molecule has 0 aliphatic rings. The Morgan fingerprint density at radius 3 is 0.250 bits per heavy atom. The van der Waals surface area contributed by atoms with Crippen LogP contribution in [0.5, 0.6) is 0 Å². The molecule has 0 aliphatic carbocycles. The topological polar surface area (TPSA) is 0 Å². The van der Waals surface area contributed by atoms with Crippen molar-refractivity contribution in [3.63, 3.8) is 0 Å². The van der Waals surface area contributed by atoms with Gasteiger partial charge in [-0.05, 0) is 0 Å². The Kier molecular flexibility index (Phi) is 1340000. The second-order valence-electron chi connectivity index (χ2n) is 0. The summed E-state index contributed by atoms with van der Waals surface area (Å²) in [6.07, 6.45) is 0. The van der Waals surface area contributed by atoms with E-state index in [2.05, 4.69) is 0 Å². The maximum absolute atomic E-state index is 0. The molecular weight excluding hydrogens is 136 g/mol. The summed E-state index contributed by atoms with van der Waals surface area (Å²) in [6.45, 7) is 0. The van der Waals surface area contributed by atoms with Crippen LogP contribution < -0.4 is 0 Å². The SMILES string of the molecule is B.B.F.F.F.F.F.F. The molecule has 0 saturated heterocycles. The molecule has 0 radical (unpaired) electrons. The molecular formula is H12B2F6. The summed E-state index contributed by atoms with van der Waals surface area (Å²) in [5.74, 6) is 0. The fourth-order valence-corrected chi connectivity index (χ4v) is 0. The predicted octanol–water partition coefficient (Wildman–Crippen LogP) is -1.45. The largest absolute Gasteiger partial charge is 0.269 e. The monoisotopic (exact) mass is 148 g/mol. The van der Waals surface area contributed by atoms with Crippen molar-refractivity contribution in [2.75, 3.05) is 0 Å². The molecule has 0 saturated carbocycles. The van der Waals surface area contributed by atoms with Gasteiger partial charge in [0, 0.05) is 0 Å². The Labute approximate surface area is 46.4 Å². The van der Waals surface area contributed by atoms with Crippen molar-refractivity contribution in [3.8, 4) is 0 Å². The zero-order valence-corrected chi connectivity index (χ0v) is 2.45. The van der Waals surface area contributed by atoms with Gasteiger partial charge in [0.15, 0.2) is 0 Å². The molecule has 8 heavy (non-hydrogen) atoms. The molecule has 0 unspecified atom stereocenters. The van der Waals surface area contributed by atoms with Gasteiger partial charge in [-0.1, -0.05) is 0 Å². The molecule has 0 rings (SSSR count).